The maximum absolute atomic E-state index is 5.97. The van der Waals surface area contributed by atoms with Crippen molar-refractivity contribution in [2.75, 3.05) is 6.61 Å². The summed E-state index contributed by atoms with van der Waals surface area (Å²) in [6.45, 7) is 1.74. The normalized spacial score (nSPS) is 32.9. The lowest BCUT2D eigenvalue weighted by Crippen LogP contribution is -2.70. The van der Waals surface area contributed by atoms with Crippen molar-refractivity contribution in [1.29, 1.82) is 0 Å². The summed E-state index contributed by atoms with van der Waals surface area (Å²) in [4.78, 5) is 0. The number of pyridine rings is 1. The van der Waals surface area contributed by atoms with Crippen LogP contribution in [0.1, 0.15) is 31.5 Å². The minimum absolute atomic E-state index is 0.432. The largest absolute Gasteiger partial charge is 0.377 e. The van der Waals surface area contributed by atoms with Gasteiger partial charge in [0, 0.05) is 30.2 Å². The van der Waals surface area contributed by atoms with E-state index in [4.69, 9.17) is 4.74 Å². The summed E-state index contributed by atoms with van der Waals surface area (Å²) in [6, 6.07) is 6.62. The van der Waals surface area contributed by atoms with Crippen LogP contribution in [0.15, 0.2) is 24.4 Å². The maximum Gasteiger partial charge on any atom is 0.160 e. The topological polar surface area (TPSA) is 51.5 Å². The maximum atomic E-state index is 5.97. The average Bonchev–Trinajstić information content (AvgIpc) is 3.04. The van der Waals surface area contributed by atoms with Gasteiger partial charge in [0.2, 0.25) is 0 Å². The lowest BCUT2D eigenvalue weighted by atomic mass is 9.46. The van der Waals surface area contributed by atoms with Gasteiger partial charge in [-0.3, -0.25) is 4.40 Å². The van der Waals surface area contributed by atoms with Gasteiger partial charge in [0.15, 0.2) is 11.5 Å². The van der Waals surface area contributed by atoms with Crippen LogP contribution >= 0.6 is 0 Å². The zero-order valence-electron chi connectivity index (χ0n) is 12.0. The first kappa shape index (κ1) is 12.1. The van der Waals surface area contributed by atoms with Gasteiger partial charge in [0.25, 0.3) is 0 Å². The van der Waals surface area contributed by atoms with Crippen LogP contribution in [-0.4, -0.2) is 33.4 Å². The molecular weight excluding hydrogens is 264 g/mol. The number of fused-ring (bicyclic) bond motifs is 3. The van der Waals surface area contributed by atoms with Crippen LogP contribution in [0.3, 0.4) is 0 Å². The molecule has 5 heteroatoms. The second-order valence-corrected chi connectivity index (χ2v) is 6.73. The monoisotopic (exact) mass is 284 g/mol. The third kappa shape index (κ3) is 1.53. The summed E-state index contributed by atoms with van der Waals surface area (Å²) >= 11 is 0. The van der Waals surface area contributed by atoms with Crippen molar-refractivity contribution in [1.82, 2.24) is 19.9 Å². The van der Waals surface area contributed by atoms with Crippen molar-refractivity contribution in [2.45, 2.75) is 44.4 Å². The molecule has 2 aromatic rings. The SMILES string of the molecule is c1ccn2c(CNC3C4CCOC4C34CCC4)nnc2c1. The molecular formula is C16H20N4O. The van der Waals surface area contributed by atoms with Crippen LogP contribution in [0.25, 0.3) is 5.65 Å². The Hall–Kier alpha value is -1.46. The molecule has 3 heterocycles. The van der Waals surface area contributed by atoms with E-state index in [1.165, 1.54) is 25.7 Å². The van der Waals surface area contributed by atoms with Crippen LogP contribution < -0.4 is 5.32 Å². The van der Waals surface area contributed by atoms with Crippen LogP contribution in [0.4, 0.5) is 0 Å². The Labute approximate surface area is 123 Å². The molecule has 3 unspecified atom stereocenters. The summed E-state index contributed by atoms with van der Waals surface area (Å²) < 4.78 is 8.05. The number of nitrogens with zero attached hydrogens (tertiary/aromatic N) is 3. The zero-order valence-corrected chi connectivity index (χ0v) is 12.0. The molecule has 2 saturated carbocycles. The molecule has 3 atom stereocenters. The summed E-state index contributed by atoms with van der Waals surface area (Å²) in [5.41, 5.74) is 1.35. The van der Waals surface area contributed by atoms with E-state index in [9.17, 15) is 0 Å². The third-order valence-corrected chi connectivity index (χ3v) is 5.90. The number of ether oxygens (including phenoxy) is 1. The van der Waals surface area contributed by atoms with E-state index in [1.54, 1.807) is 0 Å². The number of hydrogen-bond donors (Lipinski definition) is 1. The molecule has 5 rings (SSSR count). The molecule has 1 aliphatic heterocycles. The average molecular weight is 284 g/mol. The van der Waals surface area contributed by atoms with Crippen LogP contribution in [-0.2, 0) is 11.3 Å². The van der Waals surface area contributed by atoms with E-state index < -0.39 is 0 Å². The molecule has 2 aromatic heterocycles. The highest BCUT2D eigenvalue weighted by Crippen LogP contribution is 2.62. The van der Waals surface area contributed by atoms with E-state index >= 15 is 0 Å². The standard InChI is InChI=1S/C16H20N4O/c1-2-8-20-12(4-1)18-19-13(20)10-17-14-11-5-9-21-15(11)16(14)6-3-7-16/h1-2,4,8,11,14-15,17H,3,5-7,9-10H2. The Morgan fingerprint density at radius 1 is 1.33 bits per heavy atom. The second kappa shape index (κ2) is 4.27. The highest BCUT2D eigenvalue weighted by atomic mass is 16.5. The Morgan fingerprint density at radius 2 is 2.29 bits per heavy atom. The molecule has 3 aliphatic rings. The first-order valence-corrected chi connectivity index (χ1v) is 8.02. The van der Waals surface area contributed by atoms with E-state index in [1.807, 2.05) is 24.4 Å². The highest BCUT2D eigenvalue weighted by Gasteiger charge is 2.66. The van der Waals surface area contributed by atoms with Gasteiger partial charge in [-0.05, 0) is 31.4 Å². The van der Waals surface area contributed by atoms with Crippen molar-refractivity contribution < 1.29 is 4.74 Å². The smallest absolute Gasteiger partial charge is 0.160 e. The minimum Gasteiger partial charge on any atom is -0.377 e. The van der Waals surface area contributed by atoms with Gasteiger partial charge in [-0.2, -0.15) is 0 Å². The van der Waals surface area contributed by atoms with E-state index in [-0.39, 0.29) is 0 Å². The molecule has 110 valence electrons. The molecule has 1 spiro atoms. The van der Waals surface area contributed by atoms with Gasteiger partial charge in [-0.25, -0.2) is 0 Å². The van der Waals surface area contributed by atoms with Gasteiger partial charge in [-0.1, -0.05) is 12.5 Å². The van der Waals surface area contributed by atoms with Crippen molar-refractivity contribution in [3.8, 4) is 0 Å². The van der Waals surface area contributed by atoms with Gasteiger partial charge < -0.3 is 10.1 Å². The summed E-state index contributed by atoms with van der Waals surface area (Å²) in [5.74, 6) is 1.71. The summed E-state index contributed by atoms with van der Waals surface area (Å²) in [5, 5.41) is 12.3. The molecule has 1 saturated heterocycles. The molecule has 2 aliphatic carbocycles. The zero-order chi connectivity index (χ0) is 13.9. The molecule has 0 radical (unpaired) electrons. The Balaban J connectivity index is 1.36. The predicted octanol–water partition coefficient (Wildman–Crippen LogP) is 1.78. The molecule has 1 N–H and O–H groups in total. The van der Waals surface area contributed by atoms with Gasteiger partial charge in [-0.15, -0.1) is 10.2 Å². The summed E-state index contributed by atoms with van der Waals surface area (Å²) in [7, 11) is 0. The minimum atomic E-state index is 0.432. The van der Waals surface area contributed by atoms with E-state index in [2.05, 4.69) is 19.9 Å². The van der Waals surface area contributed by atoms with Crippen molar-refractivity contribution >= 4 is 5.65 Å². The molecule has 0 bridgehead atoms. The third-order valence-electron chi connectivity index (χ3n) is 5.90. The highest BCUT2D eigenvalue weighted by molar-refractivity contribution is 5.37. The van der Waals surface area contributed by atoms with E-state index in [0.717, 1.165) is 24.6 Å². The van der Waals surface area contributed by atoms with Crippen molar-refractivity contribution in [3.63, 3.8) is 0 Å². The first-order valence-electron chi connectivity index (χ1n) is 8.02. The number of rotatable bonds is 3. The van der Waals surface area contributed by atoms with Gasteiger partial charge in [0.1, 0.15) is 0 Å². The fourth-order valence-electron chi connectivity index (χ4n) is 4.77. The molecule has 3 fully saturated rings. The Morgan fingerprint density at radius 3 is 3.14 bits per heavy atom. The molecule has 5 nitrogen and oxygen atoms in total. The van der Waals surface area contributed by atoms with Crippen LogP contribution in [0.2, 0.25) is 0 Å². The lowest BCUT2D eigenvalue weighted by molar-refractivity contribution is -0.176. The number of aromatic nitrogens is 3. The fourth-order valence-corrected chi connectivity index (χ4v) is 4.77. The summed E-state index contributed by atoms with van der Waals surface area (Å²) in [6.07, 6.45) is 7.79. The first-order chi connectivity index (χ1) is 10.4. The fraction of sp³-hybridized carbons (Fsp3) is 0.625. The molecule has 0 aromatic carbocycles. The van der Waals surface area contributed by atoms with Crippen molar-refractivity contribution in [2.24, 2.45) is 11.3 Å². The van der Waals surface area contributed by atoms with Gasteiger partial charge in [0.05, 0.1) is 12.6 Å². The van der Waals surface area contributed by atoms with E-state index in [0.29, 0.717) is 23.5 Å². The molecule has 0 amide bonds. The number of hydrogen-bond acceptors (Lipinski definition) is 4. The Kier molecular flexibility index (Phi) is 2.47. The second-order valence-electron chi connectivity index (χ2n) is 6.73. The van der Waals surface area contributed by atoms with Gasteiger partial charge >= 0.3 is 0 Å². The Bertz CT molecular complexity index is 678. The predicted molar refractivity (Wildman–Crippen MR) is 77.7 cm³/mol. The number of nitrogens with one attached hydrogen (secondary N) is 1. The lowest BCUT2D eigenvalue weighted by Gasteiger charge is -2.63. The van der Waals surface area contributed by atoms with Crippen LogP contribution in [0, 0.1) is 11.3 Å². The van der Waals surface area contributed by atoms with Crippen molar-refractivity contribution in [3.05, 3.63) is 30.2 Å². The van der Waals surface area contributed by atoms with Crippen LogP contribution in [0.5, 0.6) is 0 Å². The molecule has 21 heavy (non-hydrogen) atoms. The quantitative estimate of drug-likeness (QED) is 0.933.